The Balaban J connectivity index is 2.21. The smallest absolute Gasteiger partial charge is 0.220 e. The lowest BCUT2D eigenvalue weighted by Crippen LogP contribution is -2.60. The van der Waals surface area contributed by atoms with Crippen LogP contribution in [-0.2, 0) is 14.3 Å². The van der Waals surface area contributed by atoms with Crippen molar-refractivity contribution >= 4 is 5.91 Å². The van der Waals surface area contributed by atoms with E-state index in [2.05, 4.69) is 43.5 Å². The summed E-state index contributed by atoms with van der Waals surface area (Å²) >= 11 is 0. The molecule has 0 spiro atoms. The quantitative estimate of drug-likeness (QED) is 0.0261. The second kappa shape index (κ2) is 47.4. The van der Waals surface area contributed by atoms with Gasteiger partial charge in [0.25, 0.3) is 0 Å². The average molecular weight is 936 g/mol. The molecule has 0 aromatic heterocycles. The third-order valence-corrected chi connectivity index (χ3v) is 13.8. The summed E-state index contributed by atoms with van der Waals surface area (Å²) in [6.45, 7) is 3.86. The largest absolute Gasteiger partial charge is 0.394 e. The Morgan fingerprint density at radius 3 is 1.30 bits per heavy atom. The minimum atomic E-state index is -1.55. The molecule has 0 saturated carbocycles. The second-order valence-corrected chi connectivity index (χ2v) is 20.1. The van der Waals surface area contributed by atoms with Crippen molar-refractivity contribution in [2.75, 3.05) is 13.2 Å². The van der Waals surface area contributed by atoms with Gasteiger partial charge in [0, 0.05) is 6.42 Å². The van der Waals surface area contributed by atoms with Gasteiger partial charge in [-0.1, -0.05) is 250 Å². The Hall–Kier alpha value is -1.33. The van der Waals surface area contributed by atoms with E-state index in [9.17, 15) is 30.3 Å². The number of aliphatic hydroxyl groups is 5. The Morgan fingerprint density at radius 2 is 0.894 bits per heavy atom. The molecule has 1 saturated heterocycles. The third kappa shape index (κ3) is 36.6. The van der Waals surface area contributed by atoms with E-state index < -0.39 is 49.5 Å². The molecule has 9 heteroatoms. The van der Waals surface area contributed by atoms with Crippen molar-refractivity contribution in [3.63, 3.8) is 0 Å². The van der Waals surface area contributed by atoms with Crippen LogP contribution >= 0.6 is 0 Å². The maximum atomic E-state index is 13.1. The molecule has 1 rings (SSSR count). The molecule has 1 amide bonds. The molecule has 66 heavy (non-hydrogen) atoms. The fourth-order valence-electron chi connectivity index (χ4n) is 9.25. The number of nitrogens with one attached hydrogen (secondary N) is 1. The van der Waals surface area contributed by atoms with Crippen LogP contribution in [-0.4, -0.2) is 87.5 Å². The van der Waals surface area contributed by atoms with E-state index in [-0.39, 0.29) is 12.5 Å². The third-order valence-electron chi connectivity index (χ3n) is 13.8. The molecule has 7 atom stereocenters. The van der Waals surface area contributed by atoms with Gasteiger partial charge in [-0.15, -0.1) is 0 Å². The SMILES string of the molecule is CCCCCCC/C=C\C/C=C\CCCCCCCCCCCCCC(=O)NC(COC1OC(CO)C(O)C(O)C1O)C(O)CCCCCCCCCCCCCCCCCCCCCC. The Labute approximate surface area is 407 Å². The number of rotatable bonds is 49. The zero-order valence-electron chi connectivity index (χ0n) is 43.2. The maximum absolute atomic E-state index is 13.1. The van der Waals surface area contributed by atoms with Crippen molar-refractivity contribution in [2.45, 2.75) is 320 Å². The van der Waals surface area contributed by atoms with Gasteiger partial charge in [-0.05, 0) is 44.9 Å². The van der Waals surface area contributed by atoms with Crippen LogP contribution < -0.4 is 5.32 Å². The Bertz CT molecular complexity index is 1090. The van der Waals surface area contributed by atoms with Gasteiger partial charge in [-0.3, -0.25) is 4.79 Å². The van der Waals surface area contributed by atoms with E-state index in [1.807, 2.05) is 0 Å². The lowest BCUT2D eigenvalue weighted by molar-refractivity contribution is -0.302. The van der Waals surface area contributed by atoms with E-state index in [0.717, 1.165) is 44.9 Å². The monoisotopic (exact) mass is 936 g/mol. The van der Waals surface area contributed by atoms with Crippen LogP contribution in [0.4, 0.5) is 0 Å². The van der Waals surface area contributed by atoms with Crippen molar-refractivity contribution in [2.24, 2.45) is 0 Å². The first-order valence-corrected chi connectivity index (χ1v) is 28.5. The number of hydrogen-bond donors (Lipinski definition) is 6. The number of ether oxygens (including phenoxy) is 2. The van der Waals surface area contributed by atoms with Gasteiger partial charge in [0.15, 0.2) is 6.29 Å². The van der Waals surface area contributed by atoms with E-state index in [1.54, 1.807) is 0 Å². The lowest BCUT2D eigenvalue weighted by atomic mass is 9.99. The number of aliphatic hydroxyl groups excluding tert-OH is 5. The van der Waals surface area contributed by atoms with Crippen molar-refractivity contribution < 1.29 is 39.8 Å². The predicted molar refractivity (Wildman–Crippen MR) is 277 cm³/mol. The first kappa shape index (κ1) is 62.7. The molecule has 1 aliphatic heterocycles. The highest BCUT2D eigenvalue weighted by Crippen LogP contribution is 2.23. The van der Waals surface area contributed by atoms with Gasteiger partial charge in [0.2, 0.25) is 5.91 Å². The van der Waals surface area contributed by atoms with Gasteiger partial charge in [0.05, 0.1) is 25.4 Å². The summed E-state index contributed by atoms with van der Waals surface area (Å²) in [5, 5.41) is 54.7. The highest BCUT2D eigenvalue weighted by molar-refractivity contribution is 5.76. The van der Waals surface area contributed by atoms with Gasteiger partial charge < -0.3 is 40.3 Å². The Kier molecular flexibility index (Phi) is 45.0. The van der Waals surface area contributed by atoms with Crippen molar-refractivity contribution in [3.05, 3.63) is 24.3 Å². The number of amides is 1. The summed E-state index contributed by atoms with van der Waals surface area (Å²) in [4.78, 5) is 13.1. The molecule has 6 N–H and O–H groups in total. The van der Waals surface area contributed by atoms with Gasteiger partial charge in [-0.2, -0.15) is 0 Å². The number of carbonyl (C=O) groups excluding carboxylic acids is 1. The molecule has 7 unspecified atom stereocenters. The van der Waals surface area contributed by atoms with Gasteiger partial charge in [-0.25, -0.2) is 0 Å². The average Bonchev–Trinajstić information content (AvgIpc) is 3.32. The van der Waals surface area contributed by atoms with Gasteiger partial charge >= 0.3 is 0 Å². The van der Waals surface area contributed by atoms with Crippen LogP contribution in [0.3, 0.4) is 0 Å². The zero-order chi connectivity index (χ0) is 48.0. The fourth-order valence-corrected chi connectivity index (χ4v) is 9.25. The number of carbonyl (C=O) groups is 1. The number of allylic oxidation sites excluding steroid dienone is 4. The first-order valence-electron chi connectivity index (χ1n) is 28.5. The first-order chi connectivity index (χ1) is 32.3. The van der Waals surface area contributed by atoms with E-state index in [1.165, 1.54) is 205 Å². The molecule has 0 bridgehead atoms. The molecule has 0 radical (unpaired) electrons. The minimum absolute atomic E-state index is 0.136. The van der Waals surface area contributed by atoms with Crippen LogP contribution in [0, 0.1) is 0 Å². The van der Waals surface area contributed by atoms with Crippen molar-refractivity contribution in [1.82, 2.24) is 5.32 Å². The highest BCUT2D eigenvalue weighted by atomic mass is 16.7. The molecule has 9 nitrogen and oxygen atoms in total. The molecular formula is C57H109NO8. The standard InChI is InChI=1S/C57H109NO8/c1-3-5-7-9-11-13-15-17-19-21-23-25-26-27-29-31-33-35-37-39-41-43-45-47-53(61)58-50(49-65-57-56(64)55(63)54(62)52(48-59)66-57)51(60)46-44-42-40-38-36-34-32-30-28-24-22-20-18-16-14-12-10-8-6-4-2/h15,17,21,23,50-52,54-57,59-60,62-64H,3-14,16,18-20,22,24-49H2,1-2H3,(H,58,61)/b17-15-,23-21-. The summed E-state index contributed by atoms with van der Waals surface area (Å²) in [5.41, 5.74) is 0. The zero-order valence-corrected chi connectivity index (χ0v) is 43.2. The lowest BCUT2D eigenvalue weighted by Gasteiger charge is -2.40. The highest BCUT2D eigenvalue weighted by Gasteiger charge is 2.44. The topological polar surface area (TPSA) is 149 Å². The molecule has 1 aliphatic rings. The molecular weight excluding hydrogens is 827 g/mol. The van der Waals surface area contributed by atoms with E-state index >= 15 is 0 Å². The van der Waals surface area contributed by atoms with Crippen LogP contribution in [0.5, 0.6) is 0 Å². The molecule has 0 aliphatic carbocycles. The number of unbranched alkanes of at least 4 members (excludes halogenated alkanes) is 35. The van der Waals surface area contributed by atoms with Crippen molar-refractivity contribution in [1.29, 1.82) is 0 Å². The summed E-state index contributed by atoms with van der Waals surface area (Å²) in [6.07, 6.45) is 51.9. The molecule has 0 aromatic rings. The molecule has 1 fully saturated rings. The summed E-state index contributed by atoms with van der Waals surface area (Å²) in [7, 11) is 0. The minimum Gasteiger partial charge on any atom is -0.394 e. The predicted octanol–water partition coefficient (Wildman–Crippen LogP) is 13.8. The summed E-state index contributed by atoms with van der Waals surface area (Å²) in [6, 6.07) is -0.719. The van der Waals surface area contributed by atoms with Crippen LogP contribution in [0.2, 0.25) is 0 Å². The van der Waals surface area contributed by atoms with Crippen molar-refractivity contribution in [3.8, 4) is 0 Å². The maximum Gasteiger partial charge on any atom is 0.220 e. The van der Waals surface area contributed by atoms with Crippen LogP contribution in [0.25, 0.3) is 0 Å². The molecule has 0 aromatic carbocycles. The number of hydrogen-bond acceptors (Lipinski definition) is 8. The van der Waals surface area contributed by atoms with E-state index in [4.69, 9.17) is 9.47 Å². The molecule has 390 valence electrons. The summed E-state index contributed by atoms with van der Waals surface area (Å²) in [5.74, 6) is -0.143. The normalized spacial score (nSPS) is 19.9. The molecule has 1 heterocycles. The van der Waals surface area contributed by atoms with Gasteiger partial charge in [0.1, 0.15) is 24.4 Å². The second-order valence-electron chi connectivity index (χ2n) is 20.1. The Morgan fingerprint density at radius 1 is 0.515 bits per heavy atom. The van der Waals surface area contributed by atoms with Crippen LogP contribution in [0.1, 0.15) is 277 Å². The fraction of sp³-hybridized carbons (Fsp3) is 0.912. The van der Waals surface area contributed by atoms with Crippen LogP contribution in [0.15, 0.2) is 24.3 Å². The van der Waals surface area contributed by atoms with E-state index in [0.29, 0.717) is 12.8 Å². The summed E-state index contributed by atoms with van der Waals surface area (Å²) < 4.78 is 11.3.